The lowest BCUT2D eigenvalue weighted by Crippen LogP contribution is -2.16. The number of hydrogen-bond acceptors (Lipinski definition) is 5. The van der Waals surface area contributed by atoms with E-state index in [0.717, 1.165) is 29.0 Å². The summed E-state index contributed by atoms with van der Waals surface area (Å²) in [6.07, 6.45) is 0.735. The molecule has 0 spiro atoms. The van der Waals surface area contributed by atoms with Crippen molar-refractivity contribution >= 4 is 22.6 Å². The van der Waals surface area contributed by atoms with Gasteiger partial charge in [-0.1, -0.05) is 5.16 Å². The maximum atomic E-state index is 5.41. The Morgan fingerprint density at radius 2 is 2.31 bits per heavy atom. The molecule has 0 aliphatic rings. The highest BCUT2D eigenvalue weighted by Crippen LogP contribution is 2.09. The Bertz CT molecular complexity index is 410. The summed E-state index contributed by atoms with van der Waals surface area (Å²) in [5.74, 6) is 2.28. The van der Waals surface area contributed by atoms with Gasteiger partial charge in [0, 0.05) is 13.0 Å². The van der Waals surface area contributed by atoms with Gasteiger partial charge in [0.1, 0.15) is 5.76 Å². The van der Waals surface area contributed by atoms with Gasteiger partial charge < -0.3 is 14.3 Å². The fourth-order valence-corrected chi connectivity index (χ4v) is 1.76. The Morgan fingerprint density at radius 1 is 1.44 bits per heavy atom. The maximum absolute atomic E-state index is 5.41. The minimum Gasteiger partial charge on any atom is -0.454 e. The molecule has 0 unspecified atom stereocenters. The molecule has 0 atom stereocenters. The van der Waals surface area contributed by atoms with Gasteiger partial charge in [-0.15, -0.1) is 0 Å². The quantitative estimate of drug-likeness (QED) is 0.669. The zero-order chi connectivity index (χ0) is 11.4. The highest BCUT2D eigenvalue weighted by atomic mass is 127. The van der Waals surface area contributed by atoms with Crippen LogP contribution in [0.3, 0.4) is 0 Å². The molecule has 2 aromatic heterocycles. The maximum Gasteiger partial charge on any atom is 0.227 e. The first kappa shape index (κ1) is 11.6. The molecule has 0 bridgehead atoms. The highest BCUT2D eigenvalue weighted by molar-refractivity contribution is 14.1. The minimum absolute atomic E-state index is 0.666. The molecule has 0 saturated carbocycles. The normalized spacial score (nSPS) is 10.9. The summed E-state index contributed by atoms with van der Waals surface area (Å²) in [6, 6.07) is 3.91. The summed E-state index contributed by atoms with van der Waals surface area (Å²) in [5.41, 5.74) is 0. The van der Waals surface area contributed by atoms with Crippen LogP contribution in [0.5, 0.6) is 0 Å². The van der Waals surface area contributed by atoms with Crippen LogP contribution in [-0.4, -0.2) is 16.7 Å². The van der Waals surface area contributed by atoms with E-state index in [0.29, 0.717) is 11.7 Å². The van der Waals surface area contributed by atoms with Crippen molar-refractivity contribution in [3.05, 3.63) is 33.4 Å². The van der Waals surface area contributed by atoms with Crippen molar-refractivity contribution in [3.8, 4) is 0 Å². The lowest BCUT2D eigenvalue weighted by atomic mass is 10.4. The smallest absolute Gasteiger partial charge is 0.227 e. The van der Waals surface area contributed by atoms with Gasteiger partial charge in [0.05, 0.1) is 6.54 Å². The van der Waals surface area contributed by atoms with Crippen LogP contribution < -0.4 is 5.32 Å². The van der Waals surface area contributed by atoms with Crippen LogP contribution in [0.25, 0.3) is 0 Å². The van der Waals surface area contributed by atoms with E-state index in [1.807, 2.05) is 19.1 Å². The highest BCUT2D eigenvalue weighted by Gasteiger charge is 2.02. The second-order valence-electron chi connectivity index (χ2n) is 3.37. The minimum atomic E-state index is 0.666. The Balaban J connectivity index is 1.69. The van der Waals surface area contributed by atoms with E-state index >= 15 is 0 Å². The first-order valence-corrected chi connectivity index (χ1v) is 6.06. The van der Waals surface area contributed by atoms with Crippen LogP contribution in [0, 0.1) is 10.7 Å². The van der Waals surface area contributed by atoms with Crippen molar-refractivity contribution in [2.24, 2.45) is 0 Å². The fraction of sp³-hybridized carbons (Fsp3) is 0.400. The third-order valence-corrected chi connectivity index (χ3v) is 2.59. The average molecular weight is 333 g/mol. The number of aromatic nitrogens is 2. The van der Waals surface area contributed by atoms with E-state index in [1.54, 1.807) is 0 Å². The van der Waals surface area contributed by atoms with Gasteiger partial charge in [0.2, 0.25) is 5.89 Å². The summed E-state index contributed by atoms with van der Waals surface area (Å²) in [6.45, 7) is 3.32. The van der Waals surface area contributed by atoms with Crippen LogP contribution in [-0.2, 0) is 13.0 Å². The summed E-state index contributed by atoms with van der Waals surface area (Å²) >= 11 is 2.15. The Labute approximate surface area is 107 Å². The van der Waals surface area contributed by atoms with Crippen molar-refractivity contribution in [1.82, 2.24) is 15.5 Å². The molecule has 2 aromatic rings. The molecular weight excluding hydrogens is 321 g/mol. The summed E-state index contributed by atoms with van der Waals surface area (Å²) in [7, 11) is 0. The standard InChI is InChI=1S/C10H12IN3O2/c1-7-13-10(16-14-7)4-5-12-6-8-2-3-9(11)15-8/h2-3,12H,4-6H2,1H3. The molecule has 5 nitrogen and oxygen atoms in total. The molecule has 2 rings (SSSR count). The van der Waals surface area contributed by atoms with Crippen LogP contribution >= 0.6 is 22.6 Å². The second kappa shape index (κ2) is 5.44. The van der Waals surface area contributed by atoms with Crippen LogP contribution in [0.15, 0.2) is 21.1 Å². The number of halogens is 1. The predicted molar refractivity (Wildman–Crippen MR) is 65.9 cm³/mol. The molecule has 16 heavy (non-hydrogen) atoms. The molecule has 86 valence electrons. The molecule has 0 amide bonds. The Kier molecular flexibility index (Phi) is 3.94. The van der Waals surface area contributed by atoms with Gasteiger partial charge >= 0.3 is 0 Å². The lowest BCUT2D eigenvalue weighted by Gasteiger charge is -1.99. The molecule has 0 saturated heterocycles. The van der Waals surface area contributed by atoms with Crippen molar-refractivity contribution in [1.29, 1.82) is 0 Å². The third-order valence-electron chi connectivity index (χ3n) is 2.01. The molecule has 0 fully saturated rings. The first-order valence-electron chi connectivity index (χ1n) is 4.98. The molecule has 2 heterocycles. The topological polar surface area (TPSA) is 64.1 Å². The first-order chi connectivity index (χ1) is 7.74. The van der Waals surface area contributed by atoms with Gasteiger partial charge in [0.15, 0.2) is 9.59 Å². The second-order valence-corrected chi connectivity index (χ2v) is 4.43. The van der Waals surface area contributed by atoms with E-state index in [9.17, 15) is 0 Å². The number of nitrogens with one attached hydrogen (secondary N) is 1. The number of nitrogens with zero attached hydrogens (tertiary/aromatic N) is 2. The Morgan fingerprint density at radius 3 is 2.94 bits per heavy atom. The van der Waals surface area contributed by atoms with Crippen molar-refractivity contribution < 1.29 is 8.94 Å². The summed E-state index contributed by atoms with van der Waals surface area (Å²) in [4.78, 5) is 4.12. The summed E-state index contributed by atoms with van der Waals surface area (Å²) in [5, 5.41) is 6.97. The number of aryl methyl sites for hydroxylation is 1. The molecule has 0 radical (unpaired) electrons. The molecule has 1 N–H and O–H groups in total. The van der Waals surface area contributed by atoms with E-state index in [2.05, 4.69) is 38.0 Å². The van der Waals surface area contributed by atoms with Crippen LogP contribution in [0.1, 0.15) is 17.5 Å². The Hall–Kier alpha value is -0.890. The van der Waals surface area contributed by atoms with Gasteiger partial charge in [-0.3, -0.25) is 0 Å². The monoisotopic (exact) mass is 333 g/mol. The van der Waals surface area contributed by atoms with E-state index < -0.39 is 0 Å². The van der Waals surface area contributed by atoms with Crippen molar-refractivity contribution in [3.63, 3.8) is 0 Å². The number of rotatable bonds is 5. The predicted octanol–water partition coefficient (Wildman–Crippen LogP) is 1.91. The van der Waals surface area contributed by atoms with Gasteiger partial charge in [0.25, 0.3) is 0 Å². The van der Waals surface area contributed by atoms with E-state index in [-0.39, 0.29) is 0 Å². The molecule has 0 aliphatic heterocycles. The largest absolute Gasteiger partial charge is 0.454 e. The molecule has 0 aliphatic carbocycles. The summed E-state index contributed by atoms with van der Waals surface area (Å²) < 4.78 is 11.3. The van der Waals surface area contributed by atoms with Gasteiger partial charge in [-0.25, -0.2) is 0 Å². The van der Waals surface area contributed by atoms with E-state index in [4.69, 9.17) is 8.94 Å². The zero-order valence-corrected chi connectivity index (χ0v) is 11.0. The number of furan rings is 1. The third kappa shape index (κ3) is 3.31. The van der Waals surface area contributed by atoms with Gasteiger partial charge in [-0.05, 0) is 41.6 Å². The SMILES string of the molecule is Cc1noc(CCNCc2ccc(I)o2)n1. The lowest BCUT2D eigenvalue weighted by molar-refractivity contribution is 0.370. The average Bonchev–Trinajstić information content (AvgIpc) is 2.83. The van der Waals surface area contributed by atoms with Crippen LogP contribution in [0.4, 0.5) is 0 Å². The van der Waals surface area contributed by atoms with Crippen molar-refractivity contribution in [2.45, 2.75) is 19.9 Å². The van der Waals surface area contributed by atoms with Crippen molar-refractivity contribution in [2.75, 3.05) is 6.54 Å². The fourth-order valence-electron chi connectivity index (χ4n) is 1.30. The molecular formula is C10H12IN3O2. The van der Waals surface area contributed by atoms with Crippen LogP contribution in [0.2, 0.25) is 0 Å². The number of hydrogen-bond donors (Lipinski definition) is 1. The molecule has 6 heteroatoms. The van der Waals surface area contributed by atoms with Gasteiger partial charge in [-0.2, -0.15) is 4.98 Å². The molecule has 0 aromatic carbocycles. The van der Waals surface area contributed by atoms with E-state index in [1.165, 1.54) is 0 Å². The zero-order valence-electron chi connectivity index (χ0n) is 8.86.